The number of halogens is 1. The number of aryl methyl sites for hydroxylation is 1. The standard InChI is InChI=1S/C19H21FN2O3S/c1-11-16(26-18(21-11)13-7-9-14(20)10-8-13)19(24)25-12(2)17(23)22-15-5-3-4-6-15/h7-10,12,15H,3-6H2,1-2H3,(H,22,23)/t12-/m0/s1. The third kappa shape index (κ3) is 4.27. The van der Waals surface area contributed by atoms with Crippen LogP contribution in [0.1, 0.15) is 48.0 Å². The molecule has 0 radical (unpaired) electrons. The summed E-state index contributed by atoms with van der Waals surface area (Å²) < 4.78 is 18.4. The van der Waals surface area contributed by atoms with E-state index in [-0.39, 0.29) is 17.8 Å². The maximum Gasteiger partial charge on any atom is 0.351 e. The van der Waals surface area contributed by atoms with E-state index in [0.29, 0.717) is 15.6 Å². The molecule has 1 amide bonds. The van der Waals surface area contributed by atoms with E-state index in [1.165, 1.54) is 23.5 Å². The summed E-state index contributed by atoms with van der Waals surface area (Å²) in [5.41, 5.74) is 1.26. The Morgan fingerprint density at radius 1 is 1.27 bits per heavy atom. The van der Waals surface area contributed by atoms with E-state index in [2.05, 4.69) is 10.3 Å². The van der Waals surface area contributed by atoms with Crippen LogP contribution in [0.15, 0.2) is 24.3 Å². The monoisotopic (exact) mass is 376 g/mol. The molecule has 2 aromatic rings. The molecule has 26 heavy (non-hydrogen) atoms. The Balaban J connectivity index is 1.65. The summed E-state index contributed by atoms with van der Waals surface area (Å²) in [6.07, 6.45) is 3.32. The van der Waals surface area contributed by atoms with E-state index in [4.69, 9.17) is 4.74 Å². The first-order chi connectivity index (χ1) is 12.4. The highest BCUT2D eigenvalue weighted by molar-refractivity contribution is 7.17. The molecule has 1 fully saturated rings. The van der Waals surface area contributed by atoms with E-state index in [0.717, 1.165) is 31.2 Å². The molecule has 1 N–H and O–H groups in total. The van der Waals surface area contributed by atoms with Crippen molar-refractivity contribution in [2.75, 3.05) is 0 Å². The van der Waals surface area contributed by atoms with E-state index in [1.807, 2.05) is 0 Å². The minimum Gasteiger partial charge on any atom is -0.448 e. The first kappa shape index (κ1) is 18.5. The van der Waals surface area contributed by atoms with Crippen LogP contribution >= 0.6 is 11.3 Å². The third-order valence-electron chi connectivity index (χ3n) is 4.43. The Hall–Kier alpha value is -2.28. The summed E-state index contributed by atoms with van der Waals surface area (Å²) in [5, 5.41) is 3.53. The van der Waals surface area contributed by atoms with Gasteiger partial charge in [0.15, 0.2) is 6.10 Å². The number of hydrogen-bond acceptors (Lipinski definition) is 5. The summed E-state index contributed by atoms with van der Waals surface area (Å²) in [7, 11) is 0. The van der Waals surface area contributed by atoms with Crippen LogP contribution in [0.4, 0.5) is 4.39 Å². The highest BCUT2D eigenvalue weighted by Crippen LogP contribution is 2.29. The zero-order chi connectivity index (χ0) is 18.7. The quantitative estimate of drug-likeness (QED) is 0.805. The van der Waals surface area contributed by atoms with Crippen molar-refractivity contribution in [3.8, 4) is 10.6 Å². The Morgan fingerprint density at radius 2 is 1.92 bits per heavy atom. The number of nitrogens with zero attached hydrogens (tertiary/aromatic N) is 1. The van der Waals surface area contributed by atoms with Crippen molar-refractivity contribution >= 4 is 23.2 Å². The summed E-state index contributed by atoms with van der Waals surface area (Å²) in [6, 6.07) is 6.10. The Labute approximate surface area is 155 Å². The van der Waals surface area contributed by atoms with Gasteiger partial charge in [-0.3, -0.25) is 4.79 Å². The van der Waals surface area contributed by atoms with Gasteiger partial charge in [-0.05, 0) is 51.0 Å². The Morgan fingerprint density at radius 3 is 2.58 bits per heavy atom. The summed E-state index contributed by atoms with van der Waals surface area (Å²) in [4.78, 5) is 29.3. The molecule has 7 heteroatoms. The molecule has 1 aliphatic carbocycles. The van der Waals surface area contributed by atoms with Gasteiger partial charge in [-0.1, -0.05) is 12.8 Å². The SMILES string of the molecule is Cc1nc(-c2ccc(F)cc2)sc1C(=O)O[C@@H](C)C(=O)NC1CCCC1. The molecule has 0 saturated heterocycles. The molecule has 0 bridgehead atoms. The maximum atomic E-state index is 13.1. The van der Waals surface area contributed by atoms with Crippen molar-refractivity contribution in [3.05, 3.63) is 40.7 Å². The van der Waals surface area contributed by atoms with Crippen molar-refractivity contribution in [3.63, 3.8) is 0 Å². The minimum absolute atomic E-state index is 0.180. The smallest absolute Gasteiger partial charge is 0.351 e. The van der Waals surface area contributed by atoms with Gasteiger partial charge in [0, 0.05) is 11.6 Å². The van der Waals surface area contributed by atoms with Gasteiger partial charge >= 0.3 is 5.97 Å². The van der Waals surface area contributed by atoms with E-state index in [9.17, 15) is 14.0 Å². The van der Waals surface area contributed by atoms with E-state index in [1.54, 1.807) is 26.0 Å². The number of ether oxygens (including phenoxy) is 1. The molecule has 0 spiro atoms. The third-order valence-corrected chi connectivity index (χ3v) is 5.61. The second-order valence-corrected chi connectivity index (χ2v) is 7.48. The number of carbonyl (C=O) groups is 2. The molecule has 1 aromatic carbocycles. The first-order valence-corrected chi connectivity index (χ1v) is 9.50. The molecule has 1 saturated carbocycles. The van der Waals surface area contributed by atoms with Crippen LogP contribution in [0.25, 0.3) is 10.6 Å². The Bertz CT molecular complexity index is 798. The molecular formula is C19H21FN2O3S. The van der Waals surface area contributed by atoms with Crippen LogP contribution in [0, 0.1) is 12.7 Å². The lowest BCUT2D eigenvalue weighted by Crippen LogP contribution is -2.40. The molecule has 1 heterocycles. The zero-order valence-corrected chi connectivity index (χ0v) is 15.6. The highest BCUT2D eigenvalue weighted by Gasteiger charge is 2.25. The lowest BCUT2D eigenvalue weighted by Gasteiger charge is -2.16. The highest BCUT2D eigenvalue weighted by atomic mass is 32.1. The van der Waals surface area contributed by atoms with Crippen molar-refractivity contribution < 1.29 is 18.7 Å². The van der Waals surface area contributed by atoms with Gasteiger partial charge in [0.25, 0.3) is 5.91 Å². The molecule has 1 atom stereocenters. The number of rotatable bonds is 5. The number of amides is 1. The molecular weight excluding hydrogens is 355 g/mol. The number of hydrogen-bond donors (Lipinski definition) is 1. The topological polar surface area (TPSA) is 68.3 Å². The second kappa shape index (κ2) is 7.95. The number of esters is 1. The second-order valence-electron chi connectivity index (χ2n) is 6.48. The molecule has 138 valence electrons. The summed E-state index contributed by atoms with van der Waals surface area (Å²) in [5.74, 6) is -1.17. The summed E-state index contributed by atoms with van der Waals surface area (Å²) in [6.45, 7) is 3.28. The molecule has 3 rings (SSSR count). The van der Waals surface area contributed by atoms with Crippen LogP contribution in [0.2, 0.25) is 0 Å². The molecule has 5 nitrogen and oxygen atoms in total. The molecule has 0 unspecified atom stereocenters. The minimum atomic E-state index is -0.862. The van der Waals surface area contributed by atoms with Crippen molar-refractivity contribution in [1.29, 1.82) is 0 Å². The molecule has 0 aliphatic heterocycles. The van der Waals surface area contributed by atoms with Crippen molar-refractivity contribution in [2.45, 2.75) is 51.7 Å². The first-order valence-electron chi connectivity index (χ1n) is 8.69. The fourth-order valence-electron chi connectivity index (χ4n) is 2.96. The van der Waals surface area contributed by atoms with Crippen LogP contribution in [0.3, 0.4) is 0 Å². The number of thiazole rings is 1. The number of aromatic nitrogens is 1. The van der Waals surface area contributed by atoms with Crippen LogP contribution < -0.4 is 5.32 Å². The zero-order valence-electron chi connectivity index (χ0n) is 14.8. The van der Waals surface area contributed by atoms with Crippen molar-refractivity contribution in [2.24, 2.45) is 0 Å². The van der Waals surface area contributed by atoms with Crippen LogP contribution in [-0.2, 0) is 9.53 Å². The Kier molecular flexibility index (Phi) is 5.66. The predicted molar refractivity (Wildman–Crippen MR) is 97.5 cm³/mol. The average molecular weight is 376 g/mol. The number of nitrogens with one attached hydrogen (secondary N) is 1. The fraction of sp³-hybridized carbons (Fsp3) is 0.421. The lowest BCUT2D eigenvalue weighted by atomic mass is 10.2. The number of carbonyl (C=O) groups excluding carboxylic acids is 2. The average Bonchev–Trinajstić information content (AvgIpc) is 3.25. The van der Waals surface area contributed by atoms with Gasteiger partial charge in [0.2, 0.25) is 0 Å². The van der Waals surface area contributed by atoms with Gasteiger partial charge in [0.05, 0.1) is 5.69 Å². The number of benzene rings is 1. The van der Waals surface area contributed by atoms with Gasteiger partial charge < -0.3 is 10.1 Å². The normalized spacial score (nSPS) is 15.7. The summed E-state index contributed by atoms with van der Waals surface area (Å²) >= 11 is 1.17. The fourth-order valence-corrected chi connectivity index (χ4v) is 3.91. The lowest BCUT2D eigenvalue weighted by molar-refractivity contribution is -0.129. The van der Waals surface area contributed by atoms with E-state index < -0.39 is 12.1 Å². The molecule has 1 aromatic heterocycles. The van der Waals surface area contributed by atoms with Crippen LogP contribution in [-0.4, -0.2) is 29.0 Å². The van der Waals surface area contributed by atoms with Gasteiger partial charge in [-0.15, -0.1) is 11.3 Å². The van der Waals surface area contributed by atoms with Gasteiger partial charge in [-0.2, -0.15) is 0 Å². The maximum absolute atomic E-state index is 13.1. The van der Waals surface area contributed by atoms with Gasteiger partial charge in [0.1, 0.15) is 15.7 Å². The van der Waals surface area contributed by atoms with E-state index >= 15 is 0 Å². The van der Waals surface area contributed by atoms with Crippen molar-refractivity contribution in [1.82, 2.24) is 10.3 Å². The molecule has 1 aliphatic rings. The van der Waals surface area contributed by atoms with Crippen LogP contribution in [0.5, 0.6) is 0 Å². The van der Waals surface area contributed by atoms with Gasteiger partial charge in [-0.25, -0.2) is 14.2 Å². The predicted octanol–water partition coefficient (Wildman–Crippen LogP) is 3.86. The largest absolute Gasteiger partial charge is 0.448 e.